The SMILES string of the molecule is Cc1ccc(N2C(=O)C(=Cc3ccc(-c4ccc([N+](=O)[O-])cc4)o3)C=C2c2ccccc2)cc1. The average molecular weight is 448 g/mol. The lowest BCUT2D eigenvalue weighted by molar-refractivity contribution is -0.384. The summed E-state index contributed by atoms with van der Waals surface area (Å²) in [5.74, 6) is 0.942. The van der Waals surface area contributed by atoms with Gasteiger partial charge in [0.2, 0.25) is 0 Å². The van der Waals surface area contributed by atoms with E-state index in [9.17, 15) is 14.9 Å². The number of hydrogen-bond donors (Lipinski definition) is 0. The summed E-state index contributed by atoms with van der Waals surface area (Å²) in [4.78, 5) is 25.6. The van der Waals surface area contributed by atoms with E-state index in [2.05, 4.69) is 0 Å². The van der Waals surface area contributed by atoms with Gasteiger partial charge in [-0.2, -0.15) is 0 Å². The molecule has 34 heavy (non-hydrogen) atoms. The average Bonchev–Trinajstić information content (AvgIpc) is 3.45. The van der Waals surface area contributed by atoms with Crippen LogP contribution in [0.15, 0.2) is 107 Å². The third-order valence-electron chi connectivity index (χ3n) is 5.63. The number of nitro benzene ring substituents is 1. The zero-order valence-electron chi connectivity index (χ0n) is 18.3. The molecule has 1 aromatic heterocycles. The fourth-order valence-corrected chi connectivity index (χ4v) is 3.87. The van der Waals surface area contributed by atoms with Crippen LogP contribution in [0.5, 0.6) is 0 Å². The molecule has 6 nitrogen and oxygen atoms in total. The van der Waals surface area contributed by atoms with Gasteiger partial charge < -0.3 is 4.42 Å². The fourth-order valence-electron chi connectivity index (χ4n) is 3.87. The van der Waals surface area contributed by atoms with Crippen LogP contribution in [0.2, 0.25) is 0 Å². The minimum Gasteiger partial charge on any atom is -0.457 e. The van der Waals surface area contributed by atoms with Gasteiger partial charge in [-0.05, 0) is 61.0 Å². The van der Waals surface area contributed by atoms with E-state index in [-0.39, 0.29) is 11.6 Å². The molecule has 4 aromatic rings. The minimum atomic E-state index is -0.441. The molecule has 0 aliphatic carbocycles. The van der Waals surface area contributed by atoms with Crippen LogP contribution >= 0.6 is 0 Å². The zero-order valence-corrected chi connectivity index (χ0v) is 18.3. The standard InChI is InChI=1S/C28H20N2O4/c1-19-7-11-23(12-8-19)29-26(20-5-3-2-4-6-20)18-22(28(29)31)17-25-15-16-27(34-25)21-9-13-24(14-10-21)30(32)33/h2-18H,1H3. The first-order chi connectivity index (χ1) is 16.5. The Morgan fingerprint density at radius 1 is 0.853 bits per heavy atom. The summed E-state index contributed by atoms with van der Waals surface area (Å²) >= 11 is 0. The number of rotatable bonds is 5. The lowest BCUT2D eigenvalue weighted by Gasteiger charge is -2.21. The number of carbonyl (C=O) groups excluding carboxylic acids is 1. The predicted molar refractivity (Wildman–Crippen MR) is 132 cm³/mol. The van der Waals surface area contributed by atoms with Crippen molar-refractivity contribution in [3.8, 4) is 11.3 Å². The number of hydrogen-bond acceptors (Lipinski definition) is 4. The van der Waals surface area contributed by atoms with Gasteiger partial charge in [0.25, 0.3) is 11.6 Å². The van der Waals surface area contributed by atoms with Crippen LogP contribution in [0.3, 0.4) is 0 Å². The Morgan fingerprint density at radius 2 is 1.56 bits per heavy atom. The van der Waals surface area contributed by atoms with Crippen molar-refractivity contribution < 1.29 is 14.1 Å². The van der Waals surface area contributed by atoms with Crippen molar-refractivity contribution >= 4 is 29.1 Å². The van der Waals surface area contributed by atoms with Crippen molar-refractivity contribution in [1.82, 2.24) is 0 Å². The molecule has 5 rings (SSSR count). The van der Waals surface area contributed by atoms with Gasteiger partial charge in [0.1, 0.15) is 11.5 Å². The summed E-state index contributed by atoms with van der Waals surface area (Å²) in [7, 11) is 0. The molecule has 1 amide bonds. The molecule has 0 N–H and O–H groups in total. The normalized spacial score (nSPS) is 14.5. The van der Waals surface area contributed by atoms with E-state index < -0.39 is 4.92 Å². The quantitative estimate of drug-likeness (QED) is 0.195. The highest BCUT2D eigenvalue weighted by Gasteiger charge is 2.30. The second-order valence-electron chi connectivity index (χ2n) is 7.98. The number of furan rings is 1. The number of carbonyl (C=O) groups is 1. The Bertz CT molecular complexity index is 1430. The molecule has 3 aromatic carbocycles. The maximum atomic E-state index is 13.5. The number of amides is 1. The van der Waals surface area contributed by atoms with Crippen molar-refractivity contribution in [3.05, 3.63) is 130 Å². The summed E-state index contributed by atoms with van der Waals surface area (Å²) in [6, 6.07) is 27.3. The Hall–Kier alpha value is -4.71. The fraction of sp³-hybridized carbons (Fsp3) is 0.0357. The number of aryl methyl sites for hydroxylation is 1. The molecule has 0 spiro atoms. The van der Waals surface area contributed by atoms with Gasteiger partial charge in [0.15, 0.2) is 0 Å². The van der Waals surface area contributed by atoms with Gasteiger partial charge >= 0.3 is 0 Å². The van der Waals surface area contributed by atoms with Crippen molar-refractivity contribution in [1.29, 1.82) is 0 Å². The first-order valence-electron chi connectivity index (χ1n) is 10.7. The summed E-state index contributed by atoms with van der Waals surface area (Å²) in [5, 5.41) is 10.9. The van der Waals surface area contributed by atoms with E-state index in [1.807, 2.05) is 67.6 Å². The number of benzene rings is 3. The van der Waals surface area contributed by atoms with E-state index in [4.69, 9.17) is 4.42 Å². The highest BCUT2D eigenvalue weighted by molar-refractivity contribution is 6.23. The van der Waals surface area contributed by atoms with Gasteiger partial charge in [0, 0.05) is 29.0 Å². The molecule has 0 unspecified atom stereocenters. The van der Waals surface area contributed by atoms with Gasteiger partial charge in [-0.3, -0.25) is 19.8 Å². The number of nitro groups is 1. The van der Waals surface area contributed by atoms with Crippen molar-refractivity contribution in [2.45, 2.75) is 6.92 Å². The summed E-state index contributed by atoms with van der Waals surface area (Å²) in [6.45, 7) is 2.01. The van der Waals surface area contributed by atoms with Gasteiger partial charge in [-0.15, -0.1) is 0 Å². The topological polar surface area (TPSA) is 76.6 Å². The number of non-ortho nitro benzene ring substituents is 1. The largest absolute Gasteiger partial charge is 0.457 e. The van der Waals surface area contributed by atoms with Crippen LogP contribution in [0.1, 0.15) is 16.9 Å². The minimum absolute atomic E-state index is 0.0176. The summed E-state index contributed by atoms with van der Waals surface area (Å²) in [5.41, 5.74) is 4.88. The van der Waals surface area contributed by atoms with Gasteiger partial charge in [0.05, 0.1) is 10.6 Å². The van der Waals surface area contributed by atoms with Gasteiger partial charge in [-0.1, -0.05) is 48.0 Å². The first-order valence-corrected chi connectivity index (χ1v) is 10.7. The third-order valence-corrected chi connectivity index (χ3v) is 5.63. The monoisotopic (exact) mass is 448 g/mol. The Balaban J connectivity index is 1.50. The van der Waals surface area contributed by atoms with Crippen LogP contribution in [-0.4, -0.2) is 10.8 Å². The molecule has 6 heteroatoms. The van der Waals surface area contributed by atoms with Crippen LogP contribution in [0.4, 0.5) is 11.4 Å². The molecule has 0 atom stereocenters. The molecule has 0 fully saturated rings. The van der Waals surface area contributed by atoms with Crippen LogP contribution in [0, 0.1) is 17.0 Å². The summed E-state index contributed by atoms with van der Waals surface area (Å²) < 4.78 is 5.93. The Labute approximate surface area is 196 Å². The maximum absolute atomic E-state index is 13.5. The van der Waals surface area contributed by atoms with E-state index in [1.165, 1.54) is 12.1 Å². The summed E-state index contributed by atoms with van der Waals surface area (Å²) in [6.07, 6.45) is 3.58. The van der Waals surface area contributed by atoms with E-state index >= 15 is 0 Å². The number of anilines is 1. The Morgan fingerprint density at radius 3 is 2.24 bits per heavy atom. The molecule has 2 heterocycles. The second kappa shape index (κ2) is 8.67. The molecule has 1 aliphatic rings. The molecule has 0 radical (unpaired) electrons. The van der Waals surface area contributed by atoms with E-state index in [0.29, 0.717) is 17.1 Å². The van der Waals surface area contributed by atoms with Crippen molar-refractivity contribution in [3.63, 3.8) is 0 Å². The van der Waals surface area contributed by atoms with Crippen LogP contribution in [-0.2, 0) is 4.79 Å². The van der Waals surface area contributed by atoms with Crippen LogP contribution < -0.4 is 4.90 Å². The van der Waals surface area contributed by atoms with Crippen molar-refractivity contribution in [2.24, 2.45) is 0 Å². The van der Waals surface area contributed by atoms with Crippen LogP contribution in [0.25, 0.3) is 23.1 Å². The molecule has 0 saturated heterocycles. The van der Waals surface area contributed by atoms with E-state index in [0.717, 1.165) is 28.1 Å². The maximum Gasteiger partial charge on any atom is 0.269 e. The first kappa shape index (κ1) is 21.2. The lowest BCUT2D eigenvalue weighted by Crippen LogP contribution is -2.24. The predicted octanol–water partition coefficient (Wildman–Crippen LogP) is 6.63. The molecule has 0 saturated carbocycles. The van der Waals surface area contributed by atoms with Crippen molar-refractivity contribution in [2.75, 3.05) is 4.90 Å². The molecular formula is C28H20N2O4. The van der Waals surface area contributed by atoms with E-state index in [1.54, 1.807) is 35.2 Å². The highest BCUT2D eigenvalue weighted by atomic mass is 16.6. The lowest BCUT2D eigenvalue weighted by atomic mass is 10.1. The second-order valence-corrected chi connectivity index (χ2v) is 7.98. The third kappa shape index (κ3) is 4.04. The zero-order chi connectivity index (χ0) is 23.7. The van der Waals surface area contributed by atoms with Gasteiger partial charge in [-0.25, -0.2) is 0 Å². The molecular weight excluding hydrogens is 428 g/mol. The number of nitrogens with zero attached hydrogens (tertiary/aromatic N) is 2. The smallest absolute Gasteiger partial charge is 0.269 e. The molecule has 0 bridgehead atoms. The highest BCUT2D eigenvalue weighted by Crippen LogP contribution is 2.36. The molecule has 166 valence electrons. The Kier molecular flexibility index (Phi) is 5.40. The molecule has 1 aliphatic heterocycles.